The number of hydrogen-bond acceptors (Lipinski definition) is 3. The molecule has 0 aromatic carbocycles. The van der Waals surface area contributed by atoms with Gasteiger partial charge in [-0.25, -0.2) is 0 Å². The number of likely N-dealkylation sites (tertiary alicyclic amines) is 1. The van der Waals surface area contributed by atoms with Gasteiger partial charge >= 0.3 is 0 Å². The molecule has 112 valence electrons. The van der Waals surface area contributed by atoms with Crippen molar-refractivity contribution in [3.63, 3.8) is 0 Å². The largest absolute Gasteiger partial charge is 0.393 e. The molecule has 4 nitrogen and oxygen atoms in total. The van der Waals surface area contributed by atoms with Crippen molar-refractivity contribution in [2.24, 2.45) is 5.92 Å². The molecule has 1 rings (SSSR count). The predicted octanol–water partition coefficient (Wildman–Crippen LogP) is 1.77. The second-order valence-electron chi connectivity index (χ2n) is 5.81. The van der Waals surface area contributed by atoms with Crippen molar-refractivity contribution in [2.45, 2.75) is 71.6 Å². The van der Waals surface area contributed by atoms with Gasteiger partial charge in [-0.2, -0.15) is 0 Å². The zero-order valence-corrected chi connectivity index (χ0v) is 12.9. The zero-order valence-electron chi connectivity index (χ0n) is 12.9. The average molecular weight is 270 g/mol. The van der Waals surface area contributed by atoms with E-state index in [1.807, 2.05) is 13.8 Å². The minimum Gasteiger partial charge on any atom is -0.393 e. The Bertz CT molecular complexity index is 269. The van der Waals surface area contributed by atoms with Gasteiger partial charge in [0.1, 0.15) is 0 Å². The molecule has 2 N–H and O–H groups in total. The maximum atomic E-state index is 12.2. The Kier molecular flexibility index (Phi) is 6.80. The molecular weight excluding hydrogens is 240 g/mol. The Hall–Kier alpha value is -0.610. The van der Waals surface area contributed by atoms with Crippen LogP contribution in [0.1, 0.15) is 53.4 Å². The van der Waals surface area contributed by atoms with Crippen LogP contribution in [0.2, 0.25) is 0 Å². The molecule has 1 aliphatic heterocycles. The molecule has 2 atom stereocenters. The number of piperidine rings is 1. The van der Waals surface area contributed by atoms with Crippen molar-refractivity contribution in [2.75, 3.05) is 13.1 Å². The van der Waals surface area contributed by atoms with Crippen LogP contribution in [0.5, 0.6) is 0 Å². The van der Waals surface area contributed by atoms with Gasteiger partial charge in [0.15, 0.2) is 0 Å². The van der Waals surface area contributed by atoms with Crippen LogP contribution in [-0.4, -0.2) is 47.2 Å². The molecule has 0 aromatic heterocycles. The molecular formula is C15H30N2O2. The Morgan fingerprint density at radius 2 is 1.79 bits per heavy atom. The molecule has 1 fully saturated rings. The van der Waals surface area contributed by atoms with Gasteiger partial charge in [-0.05, 0) is 58.5 Å². The first kappa shape index (κ1) is 16.4. The molecule has 0 aromatic rings. The standard InChI is InChI=1S/C15H30N2O2/c1-5-14(6-2)16-15(19)11(3)17-9-7-13(8-10-17)12(4)18/h11-14,18H,5-10H2,1-4H3,(H,16,19). The van der Waals surface area contributed by atoms with Crippen LogP contribution in [-0.2, 0) is 4.79 Å². The summed E-state index contributed by atoms with van der Waals surface area (Å²) in [6, 6.07) is 0.237. The van der Waals surface area contributed by atoms with Crippen molar-refractivity contribution in [1.29, 1.82) is 0 Å². The van der Waals surface area contributed by atoms with E-state index in [1.165, 1.54) is 0 Å². The Labute approximate surface area is 117 Å². The highest BCUT2D eigenvalue weighted by Crippen LogP contribution is 2.22. The fraction of sp³-hybridized carbons (Fsp3) is 0.933. The van der Waals surface area contributed by atoms with E-state index < -0.39 is 0 Å². The molecule has 1 heterocycles. The van der Waals surface area contributed by atoms with Crippen molar-refractivity contribution >= 4 is 5.91 Å². The summed E-state index contributed by atoms with van der Waals surface area (Å²) in [5.41, 5.74) is 0. The average Bonchev–Trinajstić information content (AvgIpc) is 2.43. The number of nitrogens with zero attached hydrogens (tertiary/aromatic N) is 1. The summed E-state index contributed by atoms with van der Waals surface area (Å²) < 4.78 is 0. The van der Waals surface area contributed by atoms with Crippen LogP contribution in [0.25, 0.3) is 0 Å². The Morgan fingerprint density at radius 1 is 1.26 bits per heavy atom. The lowest BCUT2D eigenvalue weighted by atomic mass is 9.91. The van der Waals surface area contributed by atoms with Gasteiger partial charge in [-0.15, -0.1) is 0 Å². The number of carbonyl (C=O) groups is 1. The molecule has 0 aliphatic carbocycles. The minimum absolute atomic E-state index is 0.0597. The Balaban J connectivity index is 2.41. The SMILES string of the molecule is CCC(CC)NC(=O)C(C)N1CCC(C(C)O)CC1. The van der Waals surface area contributed by atoms with Crippen molar-refractivity contribution in [3.8, 4) is 0 Å². The highest BCUT2D eigenvalue weighted by molar-refractivity contribution is 5.81. The van der Waals surface area contributed by atoms with E-state index in [9.17, 15) is 9.90 Å². The maximum absolute atomic E-state index is 12.2. The van der Waals surface area contributed by atoms with Crippen LogP contribution >= 0.6 is 0 Å². The van der Waals surface area contributed by atoms with Gasteiger partial charge in [-0.3, -0.25) is 9.69 Å². The topological polar surface area (TPSA) is 52.6 Å². The monoisotopic (exact) mass is 270 g/mol. The zero-order chi connectivity index (χ0) is 14.4. The van der Waals surface area contributed by atoms with E-state index in [1.54, 1.807) is 0 Å². The predicted molar refractivity (Wildman–Crippen MR) is 78.0 cm³/mol. The second kappa shape index (κ2) is 7.85. The molecule has 1 saturated heterocycles. The molecule has 0 radical (unpaired) electrons. The molecule has 0 saturated carbocycles. The lowest BCUT2D eigenvalue weighted by molar-refractivity contribution is -0.127. The van der Waals surface area contributed by atoms with Gasteiger partial charge in [0, 0.05) is 6.04 Å². The summed E-state index contributed by atoms with van der Waals surface area (Å²) in [6.45, 7) is 9.88. The fourth-order valence-electron chi connectivity index (χ4n) is 2.77. The van der Waals surface area contributed by atoms with Crippen molar-refractivity contribution < 1.29 is 9.90 Å². The number of nitrogens with one attached hydrogen (secondary N) is 1. The van der Waals surface area contributed by atoms with Crippen LogP contribution in [0.4, 0.5) is 0 Å². The number of carbonyl (C=O) groups excluding carboxylic acids is 1. The van der Waals surface area contributed by atoms with E-state index in [0.717, 1.165) is 38.8 Å². The van der Waals surface area contributed by atoms with Crippen LogP contribution < -0.4 is 5.32 Å². The minimum atomic E-state index is -0.226. The van der Waals surface area contributed by atoms with Gasteiger partial charge < -0.3 is 10.4 Å². The third-order valence-corrected chi connectivity index (χ3v) is 4.52. The number of rotatable bonds is 6. The summed E-state index contributed by atoms with van der Waals surface area (Å²) in [6.07, 6.45) is 3.72. The van der Waals surface area contributed by atoms with E-state index in [4.69, 9.17) is 0 Å². The summed E-state index contributed by atoms with van der Waals surface area (Å²) in [5, 5.41) is 12.7. The van der Waals surface area contributed by atoms with E-state index >= 15 is 0 Å². The quantitative estimate of drug-likeness (QED) is 0.773. The second-order valence-corrected chi connectivity index (χ2v) is 5.81. The van der Waals surface area contributed by atoms with Crippen LogP contribution in [0, 0.1) is 5.92 Å². The molecule has 1 aliphatic rings. The Morgan fingerprint density at radius 3 is 2.21 bits per heavy atom. The number of hydrogen-bond donors (Lipinski definition) is 2. The lowest BCUT2D eigenvalue weighted by Gasteiger charge is -2.36. The number of amides is 1. The highest BCUT2D eigenvalue weighted by atomic mass is 16.3. The van der Waals surface area contributed by atoms with E-state index in [-0.39, 0.29) is 18.1 Å². The van der Waals surface area contributed by atoms with Gasteiger partial charge in [-0.1, -0.05) is 13.8 Å². The van der Waals surface area contributed by atoms with Gasteiger partial charge in [0.05, 0.1) is 12.1 Å². The molecule has 2 unspecified atom stereocenters. The normalized spacial score (nSPS) is 21.4. The number of aliphatic hydroxyl groups is 1. The summed E-state index contributed by atoms with van der Waals surface area (Å²) >= 11 is 0. The molecule has 1 amide bonds. The summed E-state index contributed by atoms with van der Waals surface area (Å²) in [7, 11) is 0. The fourth-order valence-corrected chi connectivity index (χ4v) is 2.77. The van der Waals surface area contributed by atoms with Crippen LogP contribution in [0.3, 0.4) is 0 Å². The summed E-state index contributed by atoms with van der Waals surface area (Å²) in [5.74, 6) is 0.537. The first-order valence-electron chi connectivity index (χ1n) is 7.72. The first-order valence-corrected chi connectivity index (χ1v) is 7.72. The van der Waals surface area contributed by atoms with E-state index in [0.29, 0.717) is 12.0 Å². The third-order valence-electron chi connectivity index (χ3n) is 4.52. The van der Waals surface area contributed by atoms with E-state index in [2.05, 4.69) is 24.1 Å². The highest BCUT2D eigenvalue weighted by Gasteiger charge is 2.28. The van der Waals surface area contributed by atoms with Crippen LogP contribution in [0.15, 0.2) is 0 Å². The van der Waals surface area contributed by atoms with Gasteiger partial charge in [0.2, 0.25) is 5.91 Å². The third kappa shape index (κ3) is 4.77. The molecule has 19 heavy (non-hydrogen) atoms. The van der Waals surface area contributed by atoms with Crippen molar-refractivity contribution in [1.82, 2.24) is 10.2 Å². The number of aliphatic hydroxyl groups excluding tert-OH is 1. The van der Waals surface area contributed by atoms with Crippen molar-refractivity contribution in [3.05, 3.63) is 0 Å². The molecule has 0 bridgehead atoms. The van der Waals surface area contributed by atoms with Gasteiger partial charge in [0.25, 0.3) is 0 Å². The molecule has 0 spiro atoms. The smallest absolute Gasteiger partial charge is 0.237 e. The first-order chi connectivity index (χ1) is 8.99. The maximum Gasteiger partial charge on any atom is 0.237 e. The molecule has 4 heteroatoms. The lowest BCUT2D eigenvalue weighted by Crippen LogP contribution is -2.51. The summed E-state index contributed by atoms with van der Waals surface area (Å²) in [4.78, 5) is 14.4.